The number of hydrogen-bond acceptors (Lipinski definition) is 4. The van der Waals surface area contributed by atoms with Crippen LogP contribution in [0.25, 0.3) is 5.70 Å². The van der Waals surface area contributed by atoms with Crippen LogP contribution in [0, 0.1) is 5.92 Å². The highest BCUT2D eigenvalue weighted by Gasteiger charge is 2.50. The maximum atomic E-state index is 12.6. The number of carbonyl (C=O) groups is 2. The van der Waals surface area contributed by atoms with Gasteiger partial charge in [-0.15, -0.1) is 23.2 Å². The average Bonchev–Trinajstić information content (AvgIpc) is 2.84. The van der Waals surface area contributed by atoms with Crippen molar-refractivity contribution in [3.8, 4) is 0 Å². The van der Waals surface area contributed by atoms with Crippen molar-refractivity contribution in [2.75, 3.05) is 6.61 Å². The van der Waals surface area contributed by atoms with Crippen LogP contribution in [0.1, 0.15) is 29.9 Å². The lowest BCUT2D eigenvalue weighted by molar-refractivity contribution is -0.140. The number of rotatable bonds is 3. The van der Waals surface area contributed by atoms with Crippen LogP contribution in [0.15, 0.2) is 23.9 Å². The molecule has 0 N–H and O–H groups in total. The first-order valence-corrected chi connectivity index (χ1v) is 8.78. The average molecular weight is 390 g/mol. The van der Waals surface area contributed by atoms with Gasteiger partial charge in [-0.3, -0.25) is 14.7 Å². The summed E-state index contributed by atoms with van der Waals surface area (Å²) in [4.78, 5) is 30.7. The Balaban J connectivity index is 2.15. The van der Waals surface area contributed by atoms with Crippen molar-refractivity contribution in [3.63, 3.8) is 0 Å². The van der Waals surface area contributed by atoms with Gasteiger partial charge in [0.05, 0.1) is 34.2 Å². The van der Waals surface area contributed by atoms with Gasteiger partial charge in [0, 0.05) is 6.20 Å². The molecule has 2 aliphatic rings. The molecule has 0 spiro atoms. The number of pyridine rings is 1. The molecule has 3 atom stereocenters. The molecule has 24 heavy (non-hydrogen) atoms. The third-order valence-corrected chi connectivity index (χ3v) is 5.51. The van der Waals surface area contributed by atoms with Crippen LogP contribution in [0.2, 0.25) is 0 Å². The van der Waals surface area contributed by atoms with Gasteiger partial charge in [0.25, 0.3) is 5.91 Å². The van der Waals surface area contributed by atoms with Gasteiger partial charge in [0.1, 0.15) is 11.2 Å². The molecule has 0 unspecified atom stereocenters. The molecular formula is C16H15Cl3N2O3. The zero-order chi connectivity index (χ0) is 17.6. The van der Waals surface area contributed by atoms with E-state index in [1.807, 2.05) is 13.8 Å². The molecule has 128 valence electrons. The van der Waals surface area contributed by atoms with E-state index in [1.54, 1.807) is 18.3 Å². The van der Waals surface area contributed by atoms with Crippen molar-refractivity contribution in [3.05, 3.63) is 35.2 Å². The minimum atomic E-state index is -0.888. The van der Waals surface area contributed by atoms with E-state index >= 15 is 0 Å². The first kappa shape index (κ1) is 17.5. The maximum absolute atomic E-state index is 12.6. The Morgan fingerprint density at radius 3 is 2.75 bits per heavy atom. The largest absolute Gasteiger partial charge is 0.462 e. The summed E-state index contributed by atoms with van der Waals surface area (Å²) < 4.78 is 5.31. The van der Waals surface area contributed by atoms with E-state index in [4.69, 9.17) is 39.5 Å². The Morgan fingerprint density at radius 1 is 1.38 bits per heavy atom. The Labute approximate surface area is 154 Å². The van der Waals surface area contributed by atoms with Crippen LogP contribution in [0.3, 0.4) is 0 Å². The number of ether oxygens (including phenoxy) is 1. The standard InChI is InChI=1S/C16H15Cl3N2O3/c1-7(2)6-24-16(23)9-10(17)11(18)14(19)21-13(9)12-8(15(21)22)4-3-5-20-12/h3-5,7,10-11,14H,6H2,1-2H3/t10-,11+,14+/m0/s1. The van der Waals surface area contributed by atoms with Gasteiger partial charge in [-0.1, -0.05) is 25.4 Å². The summed E-state index contributed by atoms with van der Waals surface area (Å²) in [6, 6.07) is 3.27. The number of aromatic nitrogens is 1. The molecule has 0 saturated heterocycles. The molecule has 0 fully saturated rings. The van der Waals surface area contributed by atoms with Crippen molar-refractivity contribution in [2.24, 2.45) is 5.92 Å². The van der Waals surface area contributed by atoms with Crippen molar-refractivity contribution in [2.45, 2.75) is 30.1 Å². The third-order valence-electron chi connectivity index (χ3n) is 3.81. The second-order valence-electron chi connectivity index (χ2n) is 6.05. The number of esters is 1. The maximum Gasteiger partial charge on any atom is 0.337 e. The third kappa shape index (κ3) is 2.68. The van der Waals surface area contributed by atoms with Gasteiger partial charge in [0.2, 0.25) is 0 Å². The Hall–Kier alpha value is -1.30. The second-order valence-corrected chi connectivity index (χ2v) is 7.47. The van der Waals surface area contributed by atoms with Gasteiger partial charge in [-0.2, -0.15) is 0 Å². The zero-order valence-electron chi connectivity index (χ0n) is 13.0. The summed E-state index contributed by atoms with van der Waals surface area (Å²) in [5.74, 6) is -0.795. The molecular weight excluding hydrogens is 375 g/mol. The summed E-state index contributed by atoms with van der Waals surface area (Å²) in [6.07, 6.45) is 1.54. The minimum absolute atomic E-state index is 0.125. The zero-order valence-corrected chi connectivity index (χ0v) is 15.3. The van der Waals surface area contributed by atoms with Crippen LogP contribution >= 0.6 is 34.8 Å². The molecule has 0 radical (unpaired) electrons. The van der Waals surface area contributed by atoms with Crippen molar-refractivity contribution in [1.82, 2.24) is 9.88 Å². The van der Waals surface area contributed by atoms with Crippen LogP contribution in [-0.4, -0.2) is 44.6 Å². The van der Waals surface area contributed by atoms with E-state index in [9.17, 15) is 9.59 Å². The molecule has 1 aromatic rings. The number of halogens is 3. The lowest BCUT2D eigenvalue weighted by Gasteiger charge is -2.36. The van der Waals surface area contributed by atoms with Crippen LogP contribution in [-0.2, 0) is 9.53 Å². The fraction of sp³-hybridized carbons (Fsp3) is 0.438. The molecule has 0 saturated carbocycles. The van der Waals surface area contributed by atoms with E-state index in [1.165, 1.54) is 4.90 Å². The molecule has 1 amide bonds. The molecule has 0 bridgehead atoms. The molecule has 0 aliphatic carbocycles. The number of amides is 1. The number of fused-ring (bicyclic) bond motifs is 3. The van der Waals surface area contributed by atoms with Gasteiger partial charge in [-0.05, 0) is 18.1 Å². The van der Waals surface area contributed by atoms with E-state index in [0.29, 0.717) is 17.0 Å². The predicted molar refractivity (Wildman–Crippen MR) is 92.0 cm³/mol. The van der Waals surface area contributed by atoms with Crippen LogP contribution < -0.4 is 0 Å². The van der Waals surface area contributed by atoms with Gasteiger partial charge < -0.3 is 4.74 Å². The van der Waals surface area contributed by atoms with Crippen molar-refractivity contribution >= 4 is 52.4 Å². The van der Waals surface area contributed by atoms with Crippen molar-refractivity contribution < 1.29 is 14.3 Å². The Kier molecular flexibility index (Phi) is 4.78. The number of carbonyl (C=O) groups excluding carboxylic acids is 2. The summed E-state index contributed by atoms with van der Waals surface area (Å²) in [5, 5.41) is -1.72. The molecule has 1 aromatic heterocycles. The quantitative estimate of drug-likeness (QED) is 0.452. The number of nitrogens with zero attached hydrogens (tertiary/aromatic N) is 2. The summed E-state index contributed by atoms with van der Waals surface area (Å²) in [5.41, 5.74) is 0.273. The summed E-state index contributed by atoms with van der Waals surface area (Å²) in [7, 11) is 0. The molecule has 3 rings (SSSR count). The molecule has 3 heterocycles. The number of hydrogen-bond donors (Lipinski definition) is 0. The summed E-state index contributed by atoms with van der Waals surface area (Å²) in [6.45, 7) is 4.08. The predicted octanol–water partition coefficient (Wildman–Crippen LogP) is 3.24. The van der Waals surface area contributed by atoms with Crippen LogP contribution in [0.4, 0.5) is 0 Å². The molecule has 0 aromatic carbocycles. The van der Waals surface area contributed by atoms with Crippen LogP contribution in [0.5, 0.6) is 0 Å². The fourth-order valence-corrected chi connectivity index (χ4v) is 3.68. The highest BCUT2D eigenvalue weighted by Crippen LogP contribution is 2.45. The first-order chi connectivity index (χ1) is 11.3. The molecule has 8 heteroatoms. The van der Waals surface area contributed by atoms with Gasteiger partial charge in [-0.25, -0.2) is 4.79 Å². The second kappa shape index (κ2) is 6.54. The van der Waals surface area contributed by atoms with E-state index in [2.05, 4.69) is 4.98 Å². The highest BCUT2D eigenvalue weighted by atomic mass is 35.5. The normalized spacial score (nSPS) is 25.8. The topological polar surface area (TPSA) is 59.5 Å². The lowest BCUT2D eigenvalue weighted by atomic mass is 10.0. The smallest absolute Gasteiger partial charge is 0.337 e. The molecule has 2 aliphatic heterocycles. The van der Waals surface area contributed by atoms with E-state index in [0.717, 1.165) is 0 Å². The first-order valence-electron chi connectivity index (χ1n) is 7.47. The van der Waals surface area contributed by atoms with Gasteiger partial charge in [0.15, 0.2) is 0 Å². The number of alkyl halides is 3. The highest BCUT2D eigenvalue weighted by molar-refractivity contribution is 6.39. The Bertz CT molecular complexity index is 735. The minimum Gasteiger partial charge on any atom is -0.462 e. The molecule has 5 nitrogen and oxygen atoms in total. The Morgan fingerprint density at radius 2 is 2.08 bits per heavy atom. The van der Waals surface area contributed by atoms with E-state index < -0.39 is 22.2 Å². The summed E-state index contributed by atoms with van der Waals surface area (Å²) >= 11 is 19.0. The SMILES string of the molecule is CC(C)COC(=O)C1=C2c3ncccc3C(=O)N2[C@@H](Cl)[C@H](Cl)[C@H]1Cl. The fourth-order valence-electron chi connectivity index (χ4n) is 2.71. The van der Waals surface area contributed by atoms with Crippen molar-refractivity contribution in [1.29, 1.82) is 0 Å². The van der Waals surface area contributed by atoms with Gasteiger partial charge >= 0.3 is 5.97 Å². The lowest BCUT2D eigenvalue weighted by Crippen LogP contribution is -2.47. The monoisotopic (exact) mass is 388 g/mol. The van der Waals surface area contributed by atoms with E-state index in [-0.39, 0.29) is 24.0 Å².